The maximum Gasteiger partial charge on any atom is 0.234 e. The molecule has 3 aliphatic rings. The summed E-state index contributed by atoms with van der Waals surface area (Å²) < 4.78 is 0. The zero-order chi connectivity index (χ0) is 12.5. The molecule has 0 aromatic carbocycles. The molecule has 3 fully saturated rings. The van der Waals surface area contributed by atoms with Crippen LogP contribution in [0.15, 0.2) is 0 Å². The second kappa shape index (κ2) is 5.00. The van der Waals surface area contributed by atoms with Crippen molar-refractivity contribution in [3.63, 3.8) is 0 Å². The summed E-state index contributed by atoms with van der Waals surface area (Å²) >= 11 is 0. The van der Waals surface area contributed by atoms with Crippen molar-refractivity contribution < 1.29 is 9.59 Å². The summed E-state index contributed by atoms with van der Waals surface area (Å²) in [5.41, 5.74) is 0. The molecule has 2 aliphatic heterocycles. The van der Waals surface area contributed by atoms with Crippen molar-refractivity contribution in [2.45, 2.75) is 44.9 Å². The minimum Gasteiger partial charge on any atom is -0.286 e. The van der Waals surface area contributed by atoms with E-state index in [9.17, 15) is 9.59 Å². The fourth-order valence-electron chi connectivity index (χ4n) is 3.67. The van der Waals surface area contributed by atoms with Crippen LogP contribution in [-0.2, 0) is 9.59 Å². The molecule has 0 radical (unpaired) electrons. The fraction of sp³-hybridized carbons (Fsp3) is 0.857. The highest BCUT2D eigenvalue weighted by Crippen LogP contribution is 2.38. The van der Waals surface area contributed by atoms with Gasteiger partial charge in [-0.05, 0) is 38.8 Å². The van der Waals surface area contributed by atoms with Crippen LogP contribution in [0.2, 0.25) is 0 Å². The van der Waals surface area contributed by atoms with Gasteiger partial charge in [0.05, 0.1) is 18.5 Å². The average molecular weight is 250 g/mol. The predicted octanol–water partition coefficient (Wildman–Crippen LogP) is 1.60. The van der Waals surface area contributed by atoms with Gasteiger partial charge in [0.15, 0.2) is 0 Å². The standard InChI is InChI=1S/C14H22N2O2/c17-13-11-6-2-3-7-12(11)14(18)16(13)10-15-8-4-1-5-9-15/h11-12H,1-10H2/t11-,12-/m1/s1. The van der Waals surface area contributed by atoms with Gasteiger partial charge < -0.3 is 0 Å². The Morgan fingerprint density at radius 2 is 1.39 bits per heavy atom. The van der Waals surface area contributed by atoms with E-state index in [0.717, 1.165) is 38.8 Å². The van der Waals surface area contributed by atoms with Gasteiger partial charge in [0.1, 0.15) is 0 Å². The summed E-state index contributed by atoms with van der Waals surface area (Å²) in [5, 5.41) is 0. The highest BCUT2D eigenvalue weighted by molar-refractivity contribution is 6.05. The SMILES string of the molecule is O=C1[C@@H]2CCCC[C@H]2C(=O)N1CN1CCCCC1. The van der Waals surface area contributed by atoms with Crippen molar-refractivity contribution in [1.29, 1.82) is 0 Å². The molecule has 4 heteroatoms. The smallest absolute Gasteiger partial charge is 0.234 e. The van der Waals surface area contributed by atoms with Crippen molar-refractivity contribution in [3.8, 4) is 0 Å². The third kappa shape index (κ3) is 2.07. The van der Waals surface area contributed by atoms with Crippen LogP contribution >= 0.6 is 0 Å². The van der Waals surface area contributed by atoms with Crippen LogP contribution < -0.4 is 0 Å². The molecule has 4 nitrogen and oxygen atoms in total. The Kier molecular flexibility index (Phi) is 3.37. The number of likely N-dealkylation sites (tertiary alicyclic amines) is 2. The second-order valence-corrected chi connectivity index (χ2v) is 5.92. The number of imide groups is 1. The van der Waals surface area contributed by atoms with Crippen LogP contribution in [0.4, 0.5) is 0 Å². The van der Waals surface area contributed by atoms with Gasteiger partial charge >= 0.3 is 0 Å². The summed E-state index contributed by atoms with van der Waals surface area (Å²) in [6.45, 7) is 2.61. The van der Waals surface area contributed by atoms with E-state index in [0.29, 0.717) is 6.67 Å². The monoisotopic (exact) mass is 250 g/mol. The van der Waals surface area contributed by atoms with Crippen molar-refractivity contribution in [3.05, 3.63) is 0 Å². The van der Waals surface area contributed by atoms with Crippen LogP contribution in [0.25, 0.3) is 0 Å². The first kappa shape index (κ1) is 12.2. The van der Waals surface area contributed by atoms with Gasteiger partial charge in [-0.25, -0.2) is 0 Å². The molecular weight excluding hydrogens is 228 g/mol. The molecule has 2 saturated heterocycles. The lowest BCUT2D eigenvalue weighted by atomic mass is 9.81. The Labute approximate surface area is 108 Å². The van der Waals surface area contributed by atoms with Crippen LogP contribution in [0, 0.1) is 11.8 Å². The summed E-state index contributed by atoms with van der Waals surface area (Å²) in [5.74, 6) is 0.234. The lowest BCUT2D eigenvalue weighted by Crippen LogP contribution is -2.43. The number of hydrogen-bond acceptors (Lipinski definition) is 3. The number of hydrogen-bond donors (Lipinski definition) is 0. The molecule has 0 aromatic heterocycles. The van der Waals surface area contributed by atoms with Crippen molar-refractivity contribution >= 4 is 11.8 Å². The third-order valence-electron chi connectivity index (χ3n) is 4.72. The number of piperidine rings is 1. The molecular formula is C14H22N2O2. The molecule has 0 aromatic rings. The number of fused-ring (bicyclic) bond motifs is 1. The Morgan fingerprint density at radius 1 is 0.833 bits per heavy atom. The Hall–Kier alpha value is -0.900. The first-order valence-electron chi connectivity index (χ1n) is 7.35. The molecule has 2 amide bonds. The predicted molar refractivity (Wildman–Crippen MR) is 67.6 cm³/mol. The Morgan fingerprint density at radius 3 is 1.94 bits per heavy atom. The lowest BCUT2D eigenvalue weighted by Gasteiger charge is -2.29. The number of rotatable bonds is 2. The van der Waals surface area contributed by atoms with Gasteiger partial charge in [-0.3, -0.25) is 19.4 Å². The Bertz CT molecular complexity index is 326. The molecule has 100 valence electrons. The maximum atomic E-state index is 12.3. The second-order valence-electron chi connectivity index (χ2n) is 5.92. The number of carbonyl (C=O) groups excluding carboxylic acids is 2. The highest BCUT2D eigenvalue weighted by Gasteiger charge is 2.48. The normalized spacial score (nSPS) is 33.9. The fourth-order valence-corrected chi connectivity index (χ4v) is 3.67. The maximum absolute atomic E-state index is 12.3. The first-order valence-corrected chi connectivity index (χ1v) is 7.35. The lowest BCUT2D eigenvalue weighted by molar-refractivity contribution is -0.142. The van der Waals surface area contributed by atoms with Crippen molar-refractivity contribution in [2.24, 2.45) is 11.8 Å². The van der Waals surface area contributed by atoms with Crippen LogP contribution in [0.5, 0.6) is 0 Å². The molecule has 0 N–H and O–H groups in total. The molecule has 1 aliphatic carbocycles. The van der Waals surface area contributed by atoms with E-state index in [1.165, 1.54) is 19.3 Å². The molecule has 3 rings (SSSR count). The van der Waals surface area contributed by atoms with E-state index in [4.69, 9.17) is 0 Å². The molecule has 0 spiro atoms. The number of nitrogens with zero attached hydrogens (tertiary/aromatic N) is 2. The molecule has 2 heterocycles. The number of carbonyl (C=O) groups is 2. The van der Waals surface area contributed by atoms with Crippen molar-refractivity contribution in [2.75, 3.05) is 19.8 Å². The zero-order valence-electron chi connectivity index (χ0n) is 10.9. The topological polar surface area (TPSA) is 40.6 Å². The zero-order valence-corrected chi connectivity index (χ0v) is 10.9. The van der Waals surface area contributed by atoms with E-state index in [2.05, 4.69) is 4.90 Å². The van der Waals surface area contributed by atoms with Gasteiger partial charge in [0, 0.05) is 0 Å². The summed E-state index contributed by atoms with van der Waals surface area (Å²) in [4.78, 5) is 28.4. The average Bonchev–Trinajstić information content (AvgIpc) is 2.66. The van der Waals surface area contributed by atoms with E-state index >= 15 is 0 Å². The molecule has 1 saturated carbocycles. The largest absolute Gasteiger partial charge is 0.286 e. The molecule has 18 heavy (non-hydrogen) atoms. The van der Waals surface area contributed by atoms with Gasteiger partial charge in [-0.2, -0.15) is 0 Å². The summed E-state index contributed by atoms with van der Waals surface area (Å²) in [7, 11) is 0. The molecule has 2 atom stereocenters. The highest BCUT2D eigenvalue weighted by atomic mass is 16.2. The van der Waals surface area contributed by atoms with E-state index in [1.807, 2.05) is 0 Å². The molecule has 0 unspecified atom stereocenters. The minimum atomic E-state index is 0.0102. The van der Waals surface area contributed by atoms with Gasteiger partial charge in [-0.1, -0.05) is 19.3 Å². The van der Waals surface area contributed by atoms with E-state index in [-0.39, 0.29) is 23.7 Å². The van der Waals surface area contributed by atoms with Gasteiger partial charge in [0.25, 0.3) is 0 Å². The van der Waals surface area contributed by atoms with Crippen LogP contribution in [0.3, 0.4) is 0 Å². The van der Waals surface area contributed by atoms with Gasteiger partial charge in [-0.15, -0.1) is 0 Å². The van der Waals surface area contributed by atoms with E-state index in [1.54, 1.807) is 4.90 Å². The van der Waals surface area contributed by atoms with Crippen LogP contribution in [0.1, 0.15) is 44.9 Å². The third-order valence-corrected chi connectivity index (χ3v) is 4.72. The number of amides is 2. The first-order chi connectivity index (χ1) is 8.77. The minimum absolute atomic E-state index is 0.0102. The summed E-state index contributed by atoms with van der Waals surface area (Å²) in [6.07, 6.45) is 7.74. The van der Waals surface area contributed by atoms with Crippen molar-refractivity contribution in [1.82, 2.24) is 9.80 Å². The Balaban J connectivity index is 1.68. The van der Waals surface area contributed by atoms with E-state index < -0.39 is 0 Å². The molecule has 0 bridgehead atoms. The van der Waals surface area contributed by atoms with Crippen LogP contribution in [-0.4, -0.2) is 41.4 Å². The summed E-state index contributed by atoms with van der Waals surface area (Å²) in [6, 6.07) is 0. The van der Waals surface area contributed by atoms with Gasteiger partial charge in [0.2, 0.25) is 11.8 Å². The quantitative estimate of drug-likeness (QED) is 0.699.